The van der Waals surface area contributed by atoms with E-state index in [2.05, 4.69) is 278 Å². The van der Waals surface area contributed by atoms with Crippen molar-refractivity contribution in [1.29, 1.82) is 21.0 Å². The maximum atomic E-state index is 11.3. The Balaban J connectivity index is 0.857. The van der Waals surface area contributed by atoms with Gasteiger partial charge in [-0.3, -0.25) is 0 Å². The van der Waals surface area contributed by atoms with Gasteiger partial charge in [-0.2, -0.15) is 21.0 Å². The van der Waals surface area contributed by atoms with E-state index in [4.69, 9.17) is 0 Å². The van der Waals surface area contributed by atoms with E-state index < -0.39 is 0 Å². The van der Waals surface area contributed by atoms with E-state index in [0.29, 0.717) is 45.0 Å². The van der Waals surface area contributed by atoms with E-state index in [9.17, 15) is 21.0 Å². The smallest absolute Gasteiger partial charge is 0.101 e. The molecule has 0 saturated heterocycles. The summed E-state index contributed by atoms with van der Waals surface area (Å²) < 4.78 is 8.83. The fourth-order valence-electron chi connectivity index (χ4n) is 15.2. The van der Waals surface area contributed by atoms with Crippen LogP contribution in [0.1, 0.15) is 74.9 Å². The van der Waals surface area contributed by atoms with Gasteiger partial charge >= 0.3 is 0 Å². The Labute approximate surface area is 542 Å². The molecule has 0 aliphatic rings. The van der Waals surface area contributed by atoms with Crippen molar-refractivity contribution in [2.24, 2.45) is 0 Å². The van der Waals surface area contributed by atoms with Crippen LogP contribution >= 0.6 is 0 Å². The second-order valence-electron chi connectivity index (χ2n) is 26.9. The van der Waals surface area contributed by atoms with Gasteiger partial charge in [0.05, 0.1) is 89.1 Å². The summed E-state index contributed by atoms with van der Waals surface area (Å²) >= 11 is 0. The zero-order chi connectivity index (χ0) is 64.1. The van der Waals surface area contributed by atoms with E-state index in [1.165, 1.54) is 11.1 Å². The van der Waals surface area contributed by atoms with Gasteiger partial charge in [0.2, 0.25) is 0 Å². The van der Waals surface area contributed by atoms with Crippen LogP contribution in [0.4, 0.5) is 0 Å². The van der Waals surface area contributed by atoms with Crippen LogP contribution in [-0.4, -0.2) is 18.3 Å². The Bertz CT molecular complexity index is 6250. The number of rotatable bonds is 6. The van der Waals surface area contributed by atoms with Crippen LogP contribution in [0.25, 0.3) is 154 Å². The molecular formula is C86H58N8. The zero-order valence-corrected chi connectivity index (χ0v) is 52.7. The number of benzene rings is 13. The molecule has 0 aliphatic carbocycles. The fourth-order valence-corrected chi connectivity index (χ4v) is 15.2. The summed E-state index contributed by atoms with van der Waals surface area (Å²) in [6, 6.07) is 95.0. The molecule has 0 atom stereocenters. The van der Waals surface area contributed by atoms with Crippen LogP contribution in [0.3, 0.4) is 0 Å². The summed E-state index contributed by atoms with van der Waals surface area (Å²) in [7, 11) is 0. The van der Waals surface area contributed by atoms with E-state index in [-0.39, 0.29) is 10.8 Å². The Hall–Kier alpha value is -12.5. The molecule has 0 N–H and O–H groups in total. The summed E-state index contributed by atoms with van der Waals surface area (Å²) in [5.74, 6) is 0. The molecule has 0 bridgehead atoms. The highest BCUT2D eigenvalue weighted by atomic mass is 15.1. The lowest BCUT2D eigenvalue weighted by Gasteiger charge is -2.21. The van der Waals surface area contributed by atoms with Gasteiger partial charge in [-0.15, -0.1) is 0 Å². The molecule has 94 heavy (non-hydrogen) atoms. The minimum atomic E-state index is -0.110. The van der Waals surface area contributed by atoms with Crippen molar-refractivity contribution in [1.82, 2.24) is 18.3 Å². The number of nitriles is 4. The lowest BCUT2D eigenvalue weighted by Crippen LogP contribution is -2.11. The third-order valence-electron chi connectivity index (χ3n) is 19.6. The van der Waals surface area contributed by atoms with Crippen molar-refractivity contribution in [2.75, 3.05) is 0 Å². The predicted molar refractivity (Wildman–Crippen MR) is 386 cm³/mol. The SMILES string of the molecule is CC(C)(C)c1ccc2c(c1)c1cc(C(C)(C)C)ccc1n2-c1c(C#N)ccc(C#N)c1-n1c2ccccc2c2c3cccc(-c4cccc(-c5ccc6c(c5)c5c7ccccc7ccc5n6-c5c(C#N)ccc(C#N)c5-n5c6ccccc6c6ccccc65)c4)c3ccc21. The number of hydrogen-bond acceptors (Lipinski definition) is 4. The molecule has 8 nitrogen and oxygen atoms in total. The molecule has 0 unspecified atom stereocenters. The van der Waals surface area contributed by atoms with Gasteiger partial charge in [0, 0.05) is 43.1 Å². The van der Waals surface area contributed by atoms with Gasteiger partial charge in [0.15, 0.2) is 0 Å². The van der Waals surface area contributed by atoms with Crippen LogP contribution in [0.5, 0.6) is 0 Å². The lowest BCUT2D eigenvalue weighted by molar-refractivity contribution is 0.590. The molecular weight excluding hydrogens is 1150 g/mol. The molecule has 8 heteroatoms. The topological polar surface area (TPSA) is 115 Å². The standard InChI is InChI=1S/C86H58N8/c1-85(2,3)59-35-40-74-68(45-59)69-46-60(86(4,5)6)36-41-75(69)92(74)82-56(48-88)30-31-57(49-89)83(82)93-73-28-14-11-23-67(73)80-66-25-16-24-61(63(66)37-42-78(80)93)54-19-15-18-52(43-54)53-34-38-76-70(44-53)79-62-20-8-7-17-51(62)33-39-77(79)94(76)84-58(50-90)32-29-55(47-87)81(84)91-71-26-12-9-21-64(71)65-22-10-13-27-72(65)91/h7-46H,1-6H3. The van der Waals surface area contributed by atoms with Gasteiger partial charge in [0.25, 0.3) is 0 Å². The average molecular weight is 1200 g/mol. The highest BCUT2D eigenvalue weighted by Gasteiger charge is 2.30. The maximum absolute atomic E-state index is 11.3. The van der Waals surface area contributed by atoms with Crippen LogP contribution in [0.15, 0.2) is 243 Å². The average Bonchev–Trinajstić information content (AvgIpc) is 1.55. The van der Waals surface area contributed by atoms with Crippen molar-refractivity contribution < 1.29 is 0 Å². The van der Waals surface area contributed by atoms with Crippen LogP contribution < -0.4 is 0 Å². The number of fused-ring (bicyclic) bond motifs is 16. The third-order valence-corrected chi connectivity index (χ3v) is 19.6. The van der Waals surface area contributed by atoms with Gasteiger partial charge in [-0.25, -0.2) is 0 Å². The summed E-state index contributed by atoms with van der Waals surface area (Å²) in [5.41, 5.74) is 18.3. The second kappa shape index (κ2) is 20.5. The number of aromatic nitrogens is 4. The molecule has 0 aliphatic heterocycles. The predicted octanol–water partition coefficient (Wildman–Crippen LogP) is 21.8. The van der Waals surface area contributed by atoms with Gasteiger partial charge in [-0.05, 0) is 163 Å². The zero-order valence-electron chi connectivity index (χ0n) is 52.7. The van der Waals surface area contributed by atoms with Gasteiger partial charge in [-0.1, -0.05) is 187 Å². The normalized spacial score (nSPS) is 12.1. The van der Waals surface area contributed by atoms with E-state index in [1.807, 2.05) is 24.3 Å². The van der Waals surface area contributed by atoms with E-state index in [0.717, 1.165) is 131 Å². The van der Waals surface area contributed by atoms with Crippen LogP contribution in [0.2, 0.25) is 0 Å². The Morgan fingerprint density at radius 3 is 1.17 bits per heavy atom. The van der Waals surface area contributed by atoms with Crippen molar-refractivity contribution >= 4 is 109 Å². The molecule has 0 spiro atoms. The summed E-state index contributed by atoms with van der Waals surface area (Å²) in [6.45, 7) is 13.4. The van der Waals surface area contributed by atoms with Crippen LogP contribution in [0, 0.1) is 45.3 Å². The highest BCUT2D eigenvalue weighted by Crippen LogP contribution is 2.48. The van der Waals surface area contributed by atoms with E-state index in [1.54, 1.807) is 24.3 Å². The Morgan fingerprint density at radius 1 is 0.255 bits per heavy atom. The molecule has 0 amide bonds. The molecule has 13 aromatic carbocycles. The lowest BCUT2D eigenvalue weighted by atomic mass is 9.85. The van der Waals surface area contributed by atoms with Crippen molar-refractivity contribution in [2.45, 2.75) is 52.4 Å². The minimum Gasteiger partial charge on any atom is -0.306 e. The molecule has 442 valence electrons. The molecule has 0 fully saturated rings. The first-order valence-corrected chi connectivity index (χ1v) is 31.8. The number of hydrogen-bond donors (Lipinski definition) is 0. The van der Waals surface area contributed by atoms with Gasteiger partial charge in [0.1, 0.15) is 24.3 Å². The highest BCUT2D eigenvalue weighted by molar-refractivity contribution is 6.25. The first kappa shape index (κ1) is 55.6. The second-order valence-corrected chi connectivity index (χ2v) is 26.9. The maximum Gasteiger partial charge on any atom is 0.101 e. The summed E-state index contributed by atoms with van der Waals surface area (Å²) in [5, 5.41) is 57.6. The quantitative estimate of drug-likeness (QED) is 0.165. The van der Waals surface area contributed by atoms with E-state index >= 15 is 0 Å². The third kappa shape index (κ3) is 8.07. The molecule has 4 heterocycles. The largest absolute Gasteiger partial charge is 0.306 e. The fraction of sp³-hybridized carbons (Fsp3) is 0.0930. The Morgan fingerprint density at radius 2 is 0.638 bits per heavy atom. The monoisotopic (exact) mass is 1200 g/mol. The summed E-state index contributed by atoms with van der Waals surface area (Å²) in [4.78, 5) is 0. The molecule has 17 aromatic rings. The molecule has 4 aromatic heterocycles. The number of para-hydroxylation sites is 3. The van der Waals surface area contributed by atoms with Crippen molar-refractivity contribution in [3.63, 3.8) is 0 Å². The van der Waals surface area contributed by atoms with Crippen LogP contribution in [-0.2, 0) is 10.8 Å². The summed E-state index contributed by atoms with van der Waals surface area (Å²) in [6.07, 6.45) is 0. The minimum absolute atomic E-state index is 0.110. The van der Waals surface area contributed by atoms with Gasteiger partial charge < -0.3 is 18.3 Å². The first-order valence-electron chi connectivity index (χ1n) is 31.8. The number of nitrogens with zero attached hydrogens (tertiary/aromatic N) is 8. The van der Waals surface area contributed by atoms with Crippen molar-refractivity contribution in [3.05, 3.63) is 276 Å². The molecule has 0 saturated carbocycles. The van der Waals surface area contributed by atoms with Crippen molar-refractivity contribution in [3.8, 4) is 69.3 Å². The first-order chi connectivity index (χ1) is 45.8. The molecule has 0 radical (unpaired) electrons. The Kier molecular flexibility index (Phi) is 12.1. The molecule has 17 rings (SSSR count).